The van der Waals surface area contributed by atoms with Crippen LogP contribution >= 0.6 is 0 Å². The molecule has 110 valence electrons. The monoisotopic (exact) mass is 274 g/mol. The van der Waals surface area contributed by atoms with Crippen molar-refractivity contribution in [3.8, 4) is 0 Å². The molecule has 1 unspecified atom stereocenters. The Hall–Kier alpha value is -1.51. The van der Waals surface area contributed by atoms with Crippen molar-refractivity contribution in [3.63, 3.8) is 0 Å². The van der Waals surface area contributed by atoms with Gasteiger partial charge >= 0.3 is 0 Å². The summed E-state index contributed by atoms with van der Waals surface area (Å²) in [6.45, 7) is 4.74. The van der Waals surface area contributed by atoms with E-state index in [0.29, 0.717) is 12.5 Å². The van der Waals surface area contributed by atoms with Gasteiger partial charge in [-0.1, -0.05) is 37.0 Å². The molecule has 0 heterocycles. The van der Waals surface area contributed by atoms with Crippen molar-refractivity contribution in [2.75, 3.05) is 11.9 Å². The molecule has 0 aromatic heterocycles. The number of hydrogen-bond donors (Lipinski definition) is 2. The van der Waals surface area contributed by atoms with Gasteiger partial charge in [-0.3, -0.25) is 4.79 Å². The first kappa shape index (κ1) is 14.9. The van der Waals surface area contributed by atoms with Crippen LogP contribution in [0.15, 0.2) is 24.3 Å². The number of benzene rings is 1. The van der Waals surface area contributed by atoms with E-state index in [0.717, 1.165) is 18.5 Å². The van der Waals surface area contributed by atoms with Crippen molar-refractivity contribution in [1.29, 1.82) is 0 Å². The average Bonchev–Trinajstić information content (AvgIpc) is 2.48. The Labute approximate surface area is 122 Å². The van der Waals surface area contributed by atoms with Crippen LogP contribution in [-0.4, -0.2) is 18.5 Å². The first-order valence-corrected chi connectivity index (χ1v) is 7.81. The van der Waals surface area contributed by atoms with E-state index in [-0.39, 0.29) is 11.9 Å². The summed E-state index contributed by atoms with van der Waals surface area (Å²) in [5, 5.41) is 6.42. The Kier molecular flexibility index (Phi) is 5.45. The number of carbonyl (C=O) groups excluding carboxylic acids is 1. The minimum atomic E-state index is -0.0991. The normalized spacial score (nSPS) is 17.5. The molecule has 0 bridgehead atoms. The molecule has 0 radical (unpaired) electrons. The topological polar surface area (TPSA) is 41.1 Å². The summed E-state index contributed by atoms with van der Waals surface area (Å²) in [6, 6.07) is 8.18. The van der Waals surface area contributed by atoms with Gasteiger partial charge in [0.15, 0.2) is 0 Å². The van der Waals surface area contributed by atoms with Gasteiger partial charge in [-0.15, -0.1) is 0 Å². The van der Waals surface area contributed by atoms with Gasteiger partial charge in [-0.2, -0.15) is 0 Å². The third kappa shape index (κ3) is 3.99. The lowest BCUT2D eigenvalue weighted by Crippen LogP contribution is -2.45. The molecule has 0 saturated heterocycles. The SMILES string of the molecule is CCNC(=O)C(Nc1ccc(C)cc1)C1CCCCC1. The van der Waals surface area contributed by atoms with Crippen LogP contribution in [0.4, 0.5) is 5.69 Å². The number of likely N-dealkylation sites (N-methyl/N-ethyl adjacent to an activating group) is 1. The largest absolute Gasteiger partial charge is 0.373 e. The molecule has 1 fully saturated rings. The number of rotatable bonds is 5. The lowest BCUT2D eigenvalue weighted by molar-refractivity contribution is -0.123. The van der Waals surface area contributed by atoms with Gasteiger partial charge in [0.2, 0.25) is 5.91 Å². The summed E-state index contributed by atoms with van der Waals surface area (Å²) in [6.07, 6.45) is 6.11. The number of nitrogens with one attached hydrogen (secondary N) is 2. The van der Waals surface area contributed by atoms with E-state index < -0.39 is 0 Å². The van der Waals surface area contributed by atoms with E-state index in [1.165, 1.54) is 24.8 Å². The molecule has 1 saturated carbocycles. The zero-order valence-electron chi connectivity index (χ0n) is 12.6. The quantitative estimate of drug-likeness (QED) is 0.863. The molecule has 3 heteroatoms. The van der Waals surface area contributed by atoms with Crippen molar-refractivity contribution >= 4 is 11.6 Å². The number of hydrogen-bond acceptors (Lipinski definition) is 2. The van der Waals surface area contributed by atoms with Gasteiger partial charge in [0.25, 0.3) is 0 Å². The van der Waals surface area contributed by atoms with E-state index in [1.807, 2.05) is 6.92 Å². The predicted octanol–water partition coefficient (Wildman–Crippen LogP) is 3.49. The van der Waals surface area contributed by atoms with E-state index in [2.05, 4.69) is 41.8 Å². The molecule has 1 amide bonds. The standard InChI is InChI=1S/C17H26N2O/c1-3-18-17(20)16(14-7-5-4-6-8-14)19-15-11-9-13(2)10-12-15/h9-12,14,16,19H,3-8H2,1-2H3,(H,18,20). The van der Waals surface area contributed by atoms with Crippen LogP contribution < -0.4 is 10.6 Å². The van der Waals surface area contributed by atoms with Gasteiger partial charge < -0.3 is 10.6 Å². The average molecular weight is 274 g/mol. The summed E-state index contributed by atoms with van der Waals surface area (Å²) in [5.74, 6) is 0.594. The van der Waals surface area contributed by atoms with Crippen LogP contribution in [0.2, 0.25) is 0 Å². The lowest BCUT2D eigenvalue weighted by Gasteiger charge is -2.30. The Balaban J connectivity index is 2.08. The van der Waals surface area contributed by atoms with E-state index >= 15 is 0 Å². The maximum atomic E-state index is 12.3. The zero-order valence-corrected chi connectivity index (χ0v) is 12.6. The first-order valence-electron chi connectivity index (χ1n) is 7.81. The Morgan fingerprint density at radius 3 is 2.45 bits per heavy atom. The summed E-state index contributed by atoms with van der Waals surface area (Å²) < 4.78 is 0. The first-order chi connectivity index (χ1) is 9.70. The van der Waals surface area contributed by atoms with Gasteiger partial charge in [-0.25, -0.2) is 0 Å². The van der Waals surface area contributed by atoms with Gasteiger partial charge in [0.05, 0.1) is 0 Å². The van der Waals surface area contributed by atoms with Gasteiger partial charge in [-0.05, 0) is 44.7 Å². The highest BCUT2D eigenvalue weighted by Gasteiger charge is 2.29. The van der Waals surface area contributed by atoms with Crippen molar-refractivity contribution < 1.29 is 4.79 Å². The second kappa shape index (κ2) is 7.32. The lowest BCUT2D eigenvalue weighted by atomic mass is 9.83. The molecule has 1 aliphatic rings. The summed E-state index contributed by atoms with van der Waals surface area (Å²) >= 11 is 0. The Morgan fingerprint density at radius 2 is 1.85 bits per heavy atom. The molecule has 1 atom stereocenters. The molecule has 0 aliphatic heterocycles. The molecule has 3 nitrogen and oxygen atoms in total. The highest BCUT2D eigenvalue weighted by molar-refractivity contribution is 5.85. The number of anilines is 1. The predicted molar refractivity (Wildman–Crippen MR) is 83.8 cm³/mol. The molecular weight excluding hydrogens is 248 g/mol. The second-order valence-corrected chi connectivity index (χ2v) is 5.78. The maximum Gasteiger partial charge on any atom is 0.242 e. The van der Waals surface area contributed by atoms with Crippen molar-refractivity contribution in [1.82, 2.24) is 5.32 Å². The number of carbonyl (C=O) groups is 1. The fourth-order valence-corrected chi connectivity index (χ4v) is 2.98. The van der Waals surface area contributed by atoms with Gasteiger partial charge in [0.1, 0.15) is 6.04 Å². The molecular formula is C17H26N2O. The molecule has 1 aromatic rings. The highest BCUT2D eigenvalue weighted by Crippen LogP contribution is 2.28. The molecule has 0 spiro atoms. The van der Waals surface area contributed by atoms with Crippen LogP contribution in [0, 0.1) is 12.8 Å². The van der Waals surface area contributed by atoms with Crippen LogP contribution in [0.3, 0.4) is 0 Å². The van der Waals surface area contributed by atoms with Crippen molar-refractivity contribution in [2.45, 2.75) is 52.0 Å². The molecule has 1 aliphatic carbocycles. The summed E-state index contributed by atoms with van der Waals surface area (Å²) in [7, 11) is 0. The third-order valence-electron chi connectivity index (χ3n) is 4.13. The number of aryl methyl sites for hydroxylation is 1. The molecule has 2 N–H and O–H groups in total. The second-order valence-electron chi connectivity index (χ2n) is 5.78. The molecule has 1 aromatic carbocycles. The molecule has 2 rings (SSSR count). The highest BCUT2D eigenvalue weighted by atomic mass is 16.2. The number of amides is 1. The van der Waals surface area contributed by atoms with Crippen LogP contribution in [-0.2, 0) is 4.79 Å². The van der Waals surface area contributed by atoms with E-state index in [1.54, 1.807) is 0 Å². The molecule has 20 heavy (non-hydrogen) atoms. The smallest absolute Gasteiger partial charge is 0.242 e. The third-order valence-corrected chi connectivity index (χ3v) is 4.13. The zero-order chi connectivity index (χ0) is 14.4. The van der Waals surface area contributed by atoms with Crippen molar-refractivity contribution in [3.05, 3.63) is 29.8 Å². The fourth-order valence-electron chi connectivity index (χ4n) is 2.98. The maximum absolute atomic E-state index is 12.3. The Bertz CT molecular complexity index is 421. The summed E-state index contributed by atoms with van der Waals surface area (Å²) in [5.41, 5.74) is 2.28. The van der Waals surface area contributed by atoms with Crippen molar-refractivity contribution in [2.24, 2.45) is 5.92 Å². The van der Waals surface area contributed by atoms with Crippen LogP contribution in [0.25, 0.3) is 0 Å². The minimum Gasteiger partial charge on any atom is -0.373 e. The van der Waals surface area contributed by atoms with Gasteiger partial charge in [0, 0.05) is 12.2 Å². The fraction of sp³-hybridized carbons (Fsp3) is 0.588. The van der Waals surface area contributed by atoms with Crippen LogP contribution in [0.1, 0.15) is 44.6 Å². The van der Waals surface area contributed by atoms with Crippen LogP contribution in [0.5, 0.6) is 0 Å². The van der Waals surface area contributed by atoms with E-state index in [9.17, 15) is 4.79 Å². The van der Waals surface area contributed by atoms with E-state index in [4.69, 9.17) is 0 Å². The minimum absolute atomic E-state index is 0.0991. The Morgan fingerprint density at radius 1 is 1.20 bits per heavy atom. The summed E-state index contributed by atoms with van der Waals surface area (Å²) in [4.78, 5) is 12.3.